The van der Waals surface area contributed by atoms with Gasteiger partial charge in [-0.3, -0.25) is 4.79 Å². The Hall–Kier alpha value is -1.39. The fourth-order valence-corrected chi connectivity index (χ4v) is 14.8. The molecule has 3 heterocycles. The Labute approximate surface area is 376 Å². The average Bonchev–Trinajstić information content (AvgIpc) is 3.24. The van der Waals surface area contributed by atoms with Crippen LogP contribution >= 0.6 is 0 Å². The molecule has 0 unspecified atom stereocenters. The van der Waals surface area contributed by atoms with Gasteiger partial charge < -0.3 is 79.5 Å². The van der Waals surface area contributed by atoms with Crippen molar-refractivity contribution in [3.8, 4) is 0 Å². The molecule has 0 aromatic rings. The van der Waals surface area contributed by atoms with Crippen LogP contribution in [0.3, 0.4) is 0 Å². The van der Waals surface area contributed by atoms with Gasteiger partial charge in [-0.1, -0.05) is 53.2 Å². The second kappa shape index (κ2) is 17.2. The maximum Gasteiger partial charge on any atom is 0.310 e. The second-order valence-corrected chi connectivity index (χ2v) is 22.9. The molecule has 0 amide bonds. The van der Waals surface area contributed by atoms with E-state index in [1.54, 1.807) is 0 Å². The molecule has 0 bridgehead atoms. The summed E-state index contributed by atoms with van der Waals surface area (Å²) in [6.07, 6.45) is -11.9. The lowest BCUT2D eigenvalue weighted by molar-refractivity contribution is -0.383. The highest BCUT2D eigenvalue weighted by molar-refractivity contribution is 5.76. The molecule has 0 aromatic heterocycles. The van der Waals surface area contributed by atoms with Crippen LogP contribution in [0.5, 0.6) is 0 Å². The molecule has 7 fully saturated rings. The molecule has 8 rings (SSSR count). The average molecular weight is 913 g/mol. The van der Waals surface area contributed by atoms with Gasteiger partial charge in [-0.2, -0.15) is 0 Å². The Balaban J connectivity index is 1.01. The van der Waals surface area contributed by atoms with Crippen LogP contribution in [0, 0.1) is 50.2 Å². The number of aliphatic carboxylic acids is 1. The lowest BCUT2D eigenvalue weighted by Crippen LogP contribution is -2.67. The van der Waals surface area contributed by atoms with Gasteiger partial charge in [0.25, 0.3) is 0 Å². The van der Waals surface area contributed by atoms with Gasteiger partial charge in [0.15, 0.2) is 18.9 Å². The highest BCUT2D eigenvalue weighted by Gasteiger charge is 2.70. The van der Waals surface area contributed by atoms with Crippen LogP contribution in [-0.4, -0.2) is 169 Å². The van der Waals surface area contributed by atoms with Crippen molar-refractivity contribution in [2.24, 2.45) is 50.2 Å². The molecule has 5 aliphatic carbocycles. The molecule has 0 radical (unpaired) electrons. The summed E-state index contributed by atoms with van der Waals surface area (Å²) in [4.78, 5) is 13.1. The van der Waals surface area contributed by atoms with Gasteiger partial charge in [-0.25, -0.2) is 0 Å². The fraction of sp³-hybridized carbons (Fsp3) is 0.936. The van der Waals surface area contributed by atoms with Gasteiger partial charge in [0, 0.05) is 5.41 Å². The largest absolute Gasteiger partial charge is 0.481 e. The van der Waals surface area contributed by atoms with Crippen molar-refractivity contribution in [3.63, 3.8) is 0 Å². The van der Waals surface area contributed by atoms with E-state index >= 15 is 0 Å². The summed E-state index contributed by atoms with van der Waals surface area (Å²) in [5, 5.41) is 108. The topological polar surface area (TPSA) is 275 Å². The van der Waals surface area contributed by atoms with Crippen molar-refractivity contribution in [1.82, 2.24) is 0 Å². The maximum absolute atomic E-state index is 13.1. The molecule has 17 nitrogen and oxygen atoms in total. The first-order chi connectivity index (χ1) is 29.9. The highest BCUT2D eigenvalue weighted by atomic mass is 16.8. The molecule has 3 saturated heterocycles. The highest BCUT2D eigenvalue weighted by Crippen LogP contribution is 2.76. The smallest absolute Gasteiger partial charge is 0.310 e. The summed E-state index contributed by atoms with van der Waals surface area (Å²) in [7, 11) is 0. The van der Waals surface area contributed by atoms with E-state index in [2.05, 4.69) is 40.7 Å². The zero-order valence-corrected chi connectivity index (χ0v) is 38.5. The number of fused-ring (bicyclic) bond motifs is 7. The van der Waals surface area contributed by atoms with Gasteiger partial charge in [-0.05, 0) is 111 Å². The molecule has 10 N–H and O–H groups in total. The van der Waals surface area contributed by atoms with Crippen molar-refractivity contribution < 1.29 is 84.3 Å². The van der Waals surface area contributed by atoms with Gasteiger partial charge in [0.1, 0.15) is 61.0 Å². The molecular weight excluding hydrogens is 837 g/mol. The molecule has 64 heavy (non-hydrogen) atoms. The summed E-state index contributed by atoms with van der Waals surface area (Å²) in [6.45, 7) is 14.1. The van der Waals surface area contributed by atoms with Crippen LogP contribution in [0.4, 0.5) is 0 Å². The minimum atomic E-state index is -1.82. The number of ether oxygens (including phenoxy) is 6. The van der Waals surface area contributed by atoms with E-state index in [4.69, 9.17) is 28.4 Å². The molecule has 366 valence electrons. The lowest BCUT2D eigenvalue weighted by atomic mass is 9.33. The van der Waals surface area contributed by atoms with Crippen molar-refractivity contribution in [1.29, 1.82) is 0 Å². The Morgan fingerprint density at radius 3 is 2.06 bits per heavy atom. The van der Waals surface area contributed by atoms with E-state index < -0.39 is 116 Å². The van der Waals surface area contributed by atoms with Crippen molar-refractivity contribution in [3.05, 3.63) is 11.6 Å². The monoisotopic (exact) mass is 913 g/mol. The van der Waals surface area contributed by atoms with E-state index in [1.807, 2.05) is 6.92 Å². The lowest BCUT2D eigenvalue weighted by Gasteiger charge is -2.71. The summed E-state index contributed by atoms with van der Waals surface area (Å²) >= 11 is 0. The molecule has 23 atom stereocenters. The van der Waals surface area contributed by atoms with Crippen LogP contribution in [0.2, 0.25) is 0 Å². The number of carbonyl (C=O) groups is 1. The number of carboxylic acid groups (broad SMARTS) is 1. The number of rotatable bonds is 9. The molecular formula is C47H76O17. The van der Waals surface area contributed by atoms with E-state index in [1.165, 1.54) is 12.5 Å². The van der Waals surface area contributed by atoms with Crippen molar-refractivity contribution >= 4 is 5.97 Å². The second-order valence-electron chi connectivity index (χ2n) is 22.9. The predicted molar refractivity (Wildman–Crippen MR) is 225 cm³/mol. The zero-order valence-electron chi connectivity index (χ0n) is 38.5. The SMILES string of the molecule is C[C@@H]1O[C@@H](O[C@@H]2[C@H](O[C@H]3CC[C@@]4(C)[C@@H](CC[C@]5(C)[C@@H]4CC=C4[C@@H]6CC(C)(C)CC[C@@]6(C(=O)O)CC[C@]45C)[C@]3(C)CO)OC[C@H](O)[C@@H]2O)[C@H](O)[C@H](O[C@@H]2O[C@H](CO)[C@@H](O)[C@H](O)[C@H]2O)[C@H]1O. The van der Waals surface area contributed by atoms with Crippen LogP contribution < -0.4 is 0 Å². The van der Waals surface area contributed by atoms with Crippen LogP contribution in [0.1, 0.15) is 113 Å². The van der Waals surface area contributed by atoms with Gasteiger partial charge in [-0.15, -0.1) is 0 Å². The molecule has 3 aliphatic heterocycles. The summed E-state index contributed by atoms with van der Waals surface area (Å²) in [5.74, 6) is -0.391. The molecule has 8 aliphatic rings. The van der Waals surface area contributed by atoms with E-state index in [0.29, 0.717) is 19.3 Å². The quantitative estimate of drug-likeness (QED) is 0.116. The molecule has 4 saturated carbocycles. The van der Waals surface area contributed by atoms with Crippen molar-refractivity contribution in [2.45, 2.75) is 205 Å². The van der Waals surface area contributed by atoms with Gasteiger partial charge in [0.2, 0.25) is 0 Å². The normalized spacial score (nSPS) is 55.0. The number of carboxylic acids is 1. The first kappa shape index (κ1) is 49.0. The number of hydrogen-bond acceptors (Lipinski definition) is 16. The fourth-order valence-electron chi connectivity index (χ4n) is 14.8. The molecule has 17 heteroatoms. The molecule has 0 aromatic carbocycles. The van der Waals surface area contributed by atoms with Crippen LogP contribution in [0.15, 0.2) is 11.6 Å². The van der Waals surface area contributed by atoms with E-state index in [0.717, 1.165) is 44.9 Å². The first-order valence-electron chi connectivity index (χ1n) is 23.7. The Morgan fingerprint density at radius 1 is 0.719 bits per heavy atom. The number of aliphatic hydroxyl groups excluding tert-OH is 9. The maximum atomic E-state index is 13.1. The third-order valence-electron chi connectivity index (χ3n) is 19.1. The summed E-state index contributed by atoms with van der Waals surface area (Å²) in [5.41, 5.74) is -0.609. The van der Waals surface area contributed by atoms with Crippen LogP contribution in [-0.2, 0) is 33.2 Å². The van der Waals surface area contributed by atoms with E-state index in [-0.39, 0.29) is 52.6 Å². The Kier molecular flexibility index (Phi) is 13.2. The first-order valence-corrected chi connectivity index (χ1v) is 23.7. The van der Waals surface area contributed by atoms with Gasteiger partial charge in [0.05, 0.1) is 37.4 Å². The zero-order chi connectivity index (χ0) is 46.7. The number of aliphatic hydroxyl groups is 9. The summed E-state index contributed by atoms with van der Waals surface area (Å²) < 4.78 is 36.1. The Morgan fingerprint density at radius 2 is 1.39 bits per heavy atom. The van der Waals surface area contributed by atoms with Gasteiger partial charge >= 0.3 is 5.97 Å². The minimum Gasteiger partial charge on any atom is -0.481 e. The summed E-state index contributed by atoms with van der Waals surface area (Å²) in [6, 6.07) is 0. The number of hydrogen-bond donors (Lipinski definition) is 10. The molecule has 0 spiro atoms. The van der Waals surface area contributed by atoms with Crippen molar-refractivity contribution in [2.75, 3.05) is 19.8 Å². The standard InChI is InChI=1S/C47H76O17/c1-22-30(51)36(63-38-34(55)33(54)32(53)26(19-48)61-38)35(56)39(60-22)64-37-31(52)25(50)20-59-40(37)62-29-11-12-43(4)27(44(29,5)21-49)10-13-46(7)28(43)9-8-23-24-18-42(2,3)14-16-47(24,41(57)58)17-15-45(23,46)6/h8,22,24-40,48-56H,9-21H2,1-7H3,(H,57,58)/t22-,24-,25-,26+,27+,28+,29-,30-,31-,32+,33-,34+,35+,36+,37-,38-,39-,40-,43-,44-,45+,46+,47+/m0/s1. The number of allylic oxidation sites excluding steroid dienone is 2. The van der Waals surface area contributed by atoms with Crippen LogP contribution in [0.25, 0.3) is 0 Å². The third-order valence-corrected chi connectivity index (χ3v) is 19.1. The van der Waals surface area contributed by atoms with E-state index in [9.17, 15) is 55.9 Å². The predicted octanol–water partition coefficient (Wildman–Crippen LogP) is 1.35. The third kappa shape index (κ3) is 7.49. The Bertz CT molecular complexity index is 1750. The minimum absolute atomic E-state index is 0.00330.